The summed E-state index contributed by atoms with van der Waals surface area (Å²) in [5, 5.41) is 12.8. The summed E-state index contributed by atoms with van der Waals surface area (Å²) >= 11 is 1.18. The number of ether oxygens (including phenoxy) is 1. The standard InChI is InChI=1S/C18H25NO4S/c1-18(2,3)23-17(22)19-11-12-9-14(20)15(10-12)24-16(21)13-7-5-4-6-8-13/h4-8,12,14-15,20H,9-11H2,1-3H3,(H,19,22)/t12-,14-,15-/m0/s1. The average molecular weight is 351 g/mol. The first-order valence-corrected chi connectivity index (χ1v) is 9.03. The van der Waals surface area contributed by atoms with Crippen molar-refractivity contribution in [2.75, 3.05) is 6.54 Å². The van der Waals surface area contributed by atoms with Gasteiger partial charge in [0.25, 0.3) is 0 Å². The van der Waals surface area contributed by atoms with Crippen LogP contribution < -0.4 is 5.32 Å². The van der Waals surface area contributed by atoms with Gasteiger partial charge in [-0.25, -0.2) is 4.79 Å². The molecule has 1 aromatic carbocycles. The molecule has 0 bridgehead atoms. The Hall–Kier alpha value is -1.53. The average Bonchev–Trinajstić information content (AvgIpc) is 2.84. The molecule has 0 saturated heterocycles. The van der Waals surface area contributed by atoms with Crippen molar-refractivity contribution in [3.63, 3.8) is 0 Å². The lowest BCUT2D eigenvalue weighted by Gasteiger charge is -2.20. The number of carbonyl (C=O) groups excluding carboxylic acids is 2. The fraction of sp³-hybridized carbons (Fsp3) is 0.556. The number of benzene rings is 1. The Morgan fingerprint density at radius 1 is 1.25 bits per heavy atom. The molecule has 0 radical (unpaired) electrons. The van der Waals surface area contributed by atoms with Crippen LogP contribution in [0.4, 0.5) is 4.79 Å². The van der Waals surface area contributed by atoms with Gasteiger partial charge in [0.15, 0.2) is 0 Å². The summed E-state index contributed by atoms with van der Waals surface area (Å²) in [6.45, 7) is 5.89. The number of hydrogen-bond donors (Lipinski definition) is 2. The molecule has 1 amide bonds. The number of nitrogens with one attached hydrogen (secondary N) is 1. The molecule has 1 aliphatic rings. The molecule has 0 unspecified atom stereocenters. The topological polar surface area (TPSA) is 75.6 Å². The van der Waals surface area contributed by atoms with E-state index in [2.05, 4.69) is 5.32 Å². The van der Waals surface area contributed by atoms with Gasteiger partial charge in [-0.15, -0.1) is 0 Å². The fourth-order valence-corrected chi connectivity index (χ4v) is 3.87. The van der Waals surface area contributed by atoms with Gasteiger partial charge in [-0.05, 0) is 39.5 Å². The van der Waals surface area contributed by atoms with E-state index >= 15 is 0 Å². The summed E-state index contributed by atoms with van der Waals surface area (Å²) in [7, 11) is 0. The Bertz CT molecular complexity index is 570. The summed E-state index contributed by atoms with van der Waals surface area (Å²) in [6.07, 6.45) is 0.289. The molecule has 1 aliphatic carbocycles. The predicted molar refractivity (Wildman–Crippen MR) is 95.1 cm³/mol. The Kier molecular flexibility index (Phi) is 6.29. The van der Waals surface area contributed by atoms with E-state index in [1.165, 1.54) is 11.8 Å². The third-order valence-electron chi connectivity index (χ3n) is 3.77. The molecule has 2 N–H and O–H groups in total. The number of amides is 1. The molecule has 1 aromatic rings. The second-order valence-corrected chi connectivity index (χ2v) is 8.31. The maximum absolute atomic E-state index is 12.2. The minimum atomic E-state index is -0.534. The van der Waals surface area contributed by atoms with E-state index in [4.69, 9.17) is 4.74 Å². The zero-order valence-electron chi connectivity index (χ0n) is 14.3. The van der Waals surface area contributed by atoms with Gasteiger partial charge in [0.05, 0.1) is 6.10 Å². The van der Waals surface area contributed by atoms with Crippen molar-refractivity contribution in [3.8, 4) is 0 Å². The van der Waals surface area contributed by atoms with Crippen LogP contribution in [0.2, 0.25) is 0 Å². The van der Waals surface area contributed by atoms with Crippen LogP contribution in [0.3, 0.4) is 0 Å². The van der Waals surface area contributed by atoms with Crippen LogP contribution in [0.1, 0.15) is 44.0 Å². The summed E-state index contributed by atoms with van der Waals surface area (Å²) < 4.78 is 5.20. The molecule has 24 heavy (non-hydrogen) atoms. The minimum absolute atomic E-state index is 0.0274. The van der Waals surface area contributed by atoms with E-state index < -0.39 is 17.8 Å². The number of rotatable bonds is 4. The predicted octanol–water partition coefficient (Wildman–Crippen LogP) is 3.22. The van der Waals surface area contributed by atoms with Gasteiger partial charge in [0.2, 0.25) is 5.12 Å². The van der Waals surface area contributed by atoms with E-state index in [0.29, 0.717) is 24.9 Å². The Morgan fingerprint density at radius 2 is 1.92 bits per heavy atom. The third-order valence-corrected chi connectivity index (χ3v) is 5.03. The van der Waals surface area contributed by atoms with Crippen LogP contribution in [-0.4, -0.2) is 39.8 Å². The number of carbonyl (C=O) groups is 2. The number of alkyl carbamates (subject to hydrolysis) is 1. The van der Waals surface area contributed by atoms with Crippen LogP contribution in [-0.2, 0) is 4.74 Å². The fourth-order valence-electron chi connectivity index (χ4n) is 2.69. The van der Waals surface area contributed by atoms with Crippen LogP contribution in [0, 0.1) is 5.92 Å². The van der Waals surface area contributed by atoms with Crippen molar-refractivity contribution in [2.45, 2.75) is 50.6 Å². The Labute approximate surface area is 147 Å². The van der Waals surface area contributed by atoms with E-state index in [9.17, 15) is 14.7 Å². The molecule has 1 fully saturated rings. The molecule has 6 heteroatoms. The van der Waals surface area contributed by atoms with Crippen LogP contribution in [0.15, 0.2) is 30.3 Å². The van der Waals surface area contributed by atoms with Crippen molar-refractivity contribution < 1.29 is 19.4 Å². The van der Waals surface area contributed by atoms with Crippen LogP contribution in [0.25, 0.3) is 0 Å². The Balaban J connectivity index is 1.80. The number of hydrogen-bond acceptors (Lipinski definition) is 5. The van der Waals surface area contributed by atoms with E-state index in [0.717, 1.165) is 0 Å². The molecule has 3 atom stereocenters. The molecule has 5 nitrogen and oxygen atoms in total. The van der Waals surface area contributed by atoms with Crippen molar-refractivity contribution in [1.29, 1.82) is 0 Å². The molecule has 0 heterocycles. The molecule has 1 saturated carbocycles. The Morgan fingerprint density at radius 3 is 2.54 bits per heavy atom. The van der Waals surface area contributed by atoms with Gasteiger partial charge in [0, 0.05) is 17.4 Å². The molecule has 0 aromatic heterocycles. The molecule has 0 spiro atoms. The lowest BCUT2D eigenvalue weighted by Crippen LogP contribution is -2.35. The molecule has 2 rings (SSSR count). The molecule has 132 valence electrons. The van der Waals surface area contributed by atoms with Gasteiger partial charge in [-0.3, -0.25) is 4.79 Å². The first-order chi connectivity index (χ1) is 11.2. The van der Waals surface area contributed by atoms with Crippen LogP contribution in [0.5, 0.6) is 0 Å². The highest BCUT2D eigenvalue weighted by Crippen LogP contribution is 2.35. The first-order valence-electron chi connectivity index (χ1n) is 8.15. The highest BCUT2D eigenvalue weighted by atomic mass is 32.2. The van der Waals surface area contributed by atoms with Gasteiger partial charge >= 0.3 is 6.09 Å². The lowest BCUT2D eigenvalue weighted by atomic mass is 10.1. The highest BCUT2D eigenvalue weighted by molar-refractivity contribution is 8.14. The van der Waals surface area contributed by atoms with E-state index in [-0.39, 0.29) is 16.3 Å². The zero-order chi connectivity index (χ0) is 17.7. The largest absolute Gasteiger partial charge is 0.444 e. The minimum Gasteiger partial charge on any atom is -0.444 e. The van der Waals surface area contributed by atoms with Crippen molar-refractivity contribution >= 4 is 23.0 Å². The van der Waals surface area contributed by atoms with Crippen LogP contribution >= 0.6 is 11.8 Å². The number of aliphatic hydroxyl groups is 1. The lowest BCUT2D eigenvalue weighted by molar-refractivity contribution is 0.0517. The molecular weight excluding hydrogens is 326 g/mol. The van der Waals surface area contributed by atoms with Gasteiger partial charge in [-0.1, -0.05) is 42.1 Å². The maximum atomic E-state index is 12.2. The number of aliphatic hydroxyl groups excluding tert-OH is 1. The summed E-state index contributed by atoms with van der Waals surface area (Å²) in [6, 6.07) is 9.07. The molecule has 0 aliphatic heterocycles. The second-order valence-electron chi connectivity index (χ2n) is 7.10. The smallest absolute Gasteiger partial charge is 0.407 e. The van der Waals surface area contributed by atoms with Crippen molar-refractivity contribution in [2.24, 2.45) is 5.92 Å². The zero-order valence-corrected chi connectivity index (χ0v) is 15.1. The van der Waals surface area contributed by atoms with Gasteiger partial charge in [-0.2, -0.15) is 0 Å². The first kappa shape index (κ1) is 18.8. The second kappa shape index (κ2) is 8.03. The van der Waals surface area contributed by atoms with Crippen molar-refractivity contribution in [3.05, 3.63) is 35.9 Å². The highest BCUT2D eigenvalue weighted by Gasteiger charge is 2.35. The normalized spacial score (nSPS) is 23.8. The van der Waals surface area contributed by atoms with Gasteiger partial charge in [0.1, 0.15) is 5.60 Å². The van der Waals surface area contributed by atoms with E-state index in [1.54, 1.807) is 12.1 Å². The van der Waals surface area contributed by atoms with Gasteiger partial charge < -0.3 is 15.2 Å². The summed E-state index contributed by atoms with van der Waals surface area (Å²) in [5.41, 5.74) is 0.116. The summed E-state index contributed by atoms with van der Waals surface area (Å²) in [4.78, 5) is 23.9. The SMILES string of the molecule is CC(C)(C)OC(=O)NC[C@@H]1C[C@H](SC(=O)c2ccccc2)[C@@H](O)C1. The maximum Gasteiger partial charge on any atom is 0.407 e. The monoisotopic (exact) mass is 351 g/mol. The van der Waals surface area contributed by atoms with Crippen molar-refractivity contribution in [1.82, 2.24) is 5.32 Å². The molecular formula is C18H25NO4S. The third kappa shape index (κ3) is 5.83. The number of thioether (sulfide) groups is 1. The summed E-state index contributed by atoms with van der Waals surface area (Å²) in [5.74, 6) is 0.147. The van der Waals surface area contributed by atoms with E-state index in [1.807, 2.05) is 39.0 Å². The quantitative estimate of drug-likeness (QED) is 0.871.